The number of hydrogen-bond donors (Lipinski definition) is 1. The molecule has 17 heavy (non-hydrogen) atoms. The minimum atomic E-state index is 0.674. The van der Waals surface area contributed by atoms with Crippen LogP contribution in [0.1, 0.15) is 23.1 Å². The van der Waals surface area contributed by atoms with Crippen LogP contribution in [0.15, 0.2) is 10.5 Å². The van der Waals surface area contributed by atoms with Crippen molar-refractivity contribution in [1.82, 2.24) is 4.90 Å². The number of aryl methyl sites for hydroxylation is 1. The molecule has 1 aromatic heterocycles. The van der Waals surface area contributed by atoms with E-state index in [1.807, 2.05) is 11.3 Å². The molecule has 0 aromatic carbocycles. The van der Waals surface area contributed by atoms with Gasteiger partial charge in [0.25, 0.3) is 0 Å². The Kier molecular flexibility index (Phi) is 4.64. The highest BCUT2D eigenvalue weighted by Crippen LogP contribution is 2.29. The summed E-state index contributed by atoms with van der Waals surface area (Å²) in [6, 6.07) is 2.26. The van der Waals surface area contributed by atoms with Crippen LogP contribution in [0, 0.1) is 18.8 Å². The Bertz CT molecular complexity index is 358. The molecule has 2 atom stereocenters. The fourth-order valence-corrected chi connectivity index (χ4v) is 4.14. The minimum Gasteiger partial charge on any atom is -0.330 e. The van der Waals surface area contributed by atoms with E-state index in [0.717, 1.165) is 25.6 Å². The molecule has 2 rings (SSSR count). The molecule has 4 heteroatoms. The van der Waals surface area contributed by atoms with E-state index in [9.17, 15) is 0 Å². The van der Waals surface area contributed by atoms with Crippen molar-refractivity contribution in [3.05, 3.63) is 20.3 Å². The minimum absolute atomic E-state index is 0.674. The van der Waals surface area contributed by atoms with Crippen molar-refractivity contribution in [2.45, 2.75) is 26.8 Å². The van der Waals surface area contributed by atoms with Gasteiger partial charge in [-0.3, -0.25) is 4.90 Å². The lowest BCUT2D eigenvalue weighted by Gasteiger charge is -2.36. The van der Waals surface area contributed by atoms with Crippen molar-refractivity contribution in [2.75, 3.05) is 19.6 Å². The van der Waals surface area contributed by atoms with Crippen LogP contribution < -0.4 is 5.73 Å². The number of thiophene rings is 1. The molecule has 1 aromatic rings. The fraction of sp³-hybridized carbons (Fsp3) is 0.692. The van der Waals surface area contributed by atoms with Crippen LogP contribution >= 0.6 is 27.3 Å². The van der Waals surface area contributed by atoms with Crippen molar-refractivity contribution in [3.63, 3.8) is 0 Å². The molecule has 0 saturated carbocycles. The molecule has 0 bridgehead atoms. The lowest BCUT2D eigenvalue weighted by molar-refractivity contribution is 0.127. The average Bonchev–Trinajstić information content (AvgIpc) is 2.61. The highest BCUT2D eigenvalue weighted by molar-refractivity contribution is 9.10. The topological polar surface area (TPSA) is 29.3 Å². The number of nitrogens with two attached hydrogens (primary N) is 1. The summed E-state index contributed by atoms with van der Waals surface area (Å²) in [5.41, 5.74) is 5.85. The summed E-state index contributed by atoms with van der Waals surface area (Å²) in [4.78, 5) is 5.38. The van der Waals surface area contributed by atoms with Crippen molar-refractivity contribution < 1.29 is 0 Å². The lowest BCUT2D eigenvalue weighted by atomic mass is 9.87. The number of piperidine rings is 1. The third-order valence-corrected chi connectivity index (χ3v) is 5.91. The van der Waals surface area contributed by atoms with Gasteiger partial charge in [0.15, 0.2) is 0 Å². The first-order chi connectivity index (χ1) is 8.10. The molecule has 0 spiro atoms. The molecular formula is C13H21BrN2S. The Hall–Kier alpha value is 0.100. The third kappa shape index (κ3) is 3.31. The maximum Gasteiger partial charge on any atom is 0.0328 e. The van der Waals surface area contributed by atoms with Crippen molar-refractivity contribution in [2.24, 2.45) is 17.6 Å². The zero-order valence-electron chi connectivity index (χ0n) is 10.6. The van der Waals surface area contributed by atoms with E-state index in [4.69, 9.17) is 5.73 Å². The third-order valence-electron chi connectivity index (χ3n) is 3.79. The van der Waals surface area contributed by atoms with Crippen LogP contribution in [0.3, 0.4) is 0 Å². The van der Waals surface area contributed by atoms with E-state index >= 15 is 0 Å². The Balaban J connectivity index is 1.95. The standard InChI is InChI=1S/C13H21BrN2S/c1-9-3-4-16(7-11(9)6-15)8-12-5-13(14)10(2)17-12/h5,9,11H,3-4,6-8,15H2,1-2H3. The van der Waals surface area contributed by atoms with E-state index in [1.165, 1.54) is 27.2 Å². The molecule has 0 aliphatic carbocycles. The summed E-state index contributed by atoms with van der Waals surface area (Å²) in [7, 11) is 0. The van der Waals surface area contributed by atoms with E-state index in [1.54, 1.807) is 0 Å². The second-order valence-electron chi connectivity index (χ2n) is 5.11. The molecule has 1 aliphatic rings. The van der Waals surface area contributed by atoms with Gasteiger partial charge in [0.2, 0.25) is 0 Å². The fourth-order valence-electron chi connectivity index (χ4n) is 2.49. The largest absolute Gasteiger partial charge is 0.330 e. The summed E-state index contributed by atoms with van der Waals surface area (Å²) >= 11 is 5.49. The molecule has 2 nitrogen and oxygen atoms in total. The van der Waals surface area contributed by atoms with Gasteiger partial charge in [-0.15, -0.1) is 11.3 Å². The summed E-state index contributed by atoms with van der Waals surface area (Å²) < 4.78 is 1.25. The Morgan fingerprint density at radius 2 is 2.35 bits per heavy atom. The molecule has 0 radical (unpaired) electrons. The number of rotatable bonds is 3. The van der Waals surface area contributed by atoms with Crippen LogP contribution in [0.25, 0.3) is 0 Å². The lowest BCUT2D eigenvalue weighted by Crippen LogP contribution is -2.42. The van der Waals surface area contributed by atoms with Gasteiger partial charge in [0.1, 0.15) is 0 Å². The average molecular weight is 317 g/mol. The zero-order valence-corrected chi connectivity index (χ0v) is 13.0. The van der Waals surface area contributed by atoms with Gasteiger partial charge in [-0.1, -0.05) is 6.92 Å². The number of hydrogen-bond acceptors (Lipinski definition) is 3. The van der Waals surface area contributed by atoms with Crippen molar-refractivity contribution >= 4 is 27.3 Å². The smallest absolute Gasteiger partial charge is 0.0328 e. The second kappa shape index (κ2) is 5.83. The van der Waals surface area contributed by atoms with Gasteiger partial charge in [-0.05, 0) is 60.3 Å². The zero-order chi connectivity index (χ0) is 12.4. The number of halogens is 1. The molecular weight excluding hydrogens is 296 g/mol. The van der Waals surface area contributed by atoms with Crippen LogP contribution in [0.2, 0.25) is 0 Å². The van der Waals surface area contributed by atoms with Crippen LogP contribution in [-0.4, -0.2) is 24.5 Å². The molecule has 0 amide bonds. The quantitative estimate of drug-likeness (QED) is 0.927. The Morgan fingerprint density at radius 3 is 2.94 bits per heavy atom. The van der Waals surface area contributed by atoms with Gasteiger partial charge in [-0.2, -0.15) is 0 Å². The van der Waals surface area contributed by atoms with E-state index < -0.39 is 0 Å². The molecule has 1 saturated heterocycles. The van der Waals surface area contributed by atoms with Crippen LogP contribution in [0.5, 0.6) is 0 Å². The van der Waals surface area contributed by atoms with E-state index in [-0.39, 0.29) is 0 Å². The molecule has 96 valence electrons. The van der Waals surface area contributed by atoms with Crippen LogP contribution in [-0.2, 0) is 6.54 Å². The predicted molar refractivity (Wildman–Crippen MR) is 78.4 cm³/mol. The molecule has 2 heterocycles. The van der Waals surface area contributed by atoms with Crippen LogP contribution in [0.4, 0.5) is 0 Å². The first kappa shape index (κ1) is 13.5. The summed E-state index contributed by atoms with van der Waals surface area (Å²) in [5, 5.41) is 0. The second-order valence-corrected chi connectivity index (χ2v) is 7.31. The highest BCUT2D eigenvalue weighted by Gasteiger charge is 2.25. The molecule has 2 unspecified atom stereocenters. The Morgan fingerprint density at radius 1 is 1.59 bits per heavy atom. The maximum atomic E-state index is 5.85. The predicted octanol–water partition coefficient (Wildman–Crippen LogP) is 3.24. The first-order valence-electron chi connectivity index (χ1n) is 6.27. The first-order valence-corrected chi connectivity index (χ1v) is 7.88. The summed E-state index contributed by atoms with van der Waals surface area (Å²) in [6.45, 7) is 8.78. The van der Waals surface area contributed by atoms with Gasteiger partial charge in [-0.25, -0.2) is 0 Å². The van der Waals surface area contributed by atoms with E-state index in [0.29, 0.717) is 5.92 Å². The van der Waals surface area contributed by atoms with E-state index in [2.05, 4.69) is 40.7 Å². The van der Waals surface area contributed by atoms with Gasteiger partial charge in [0, 0.05) is 27.3 Å². The maximum absolute atomic E-state index is 5.85. The monoisotopic (exact) mass is 316 g/mol. The summed E-state index contributed by atoms with van der Waals surface area (Å²) in [6.07, 6.45) is 1.29. The van der Waals surface area contributed by atoms with Crippen molar-refractivity contribution in [1.29, 1.82) is 0 Å². The number of likely N-dealkylation sites (tertiary alicyclic amines) is 1. The van der Waals surface area contributed by atoms with Gasteiger partial charge < -0.3 is 5.73 Å². The Labute approximate surface area is 116 Å². The summed E-state index contributed by atoms with van der Waals surface area (Å²) in [5.74, 6) is 1.46. The molecule has 2 N–H and O–H groups in total. The molecule has 1 fully saturated rings. The van der Waals surface area contributed by atoms with Gasteiger partial charge in [0.05, 0.1) is 0 Å². The molecule has 1 aliphatic heterocycles. The normalized spacial score (nSPS) is 26.4. The van der Waals surface area contributed by atoms with Gasteiger partial charge >= 0.3 is 0 Å². The SMILES string of the molecule is Cc1sc(CN2CCC(C)C(CN)C2)cc1Br. The highest BCUT2D eigenvalue weighted by atomic mass is 79.9. The van der Waals surface area contributed by atoms with Crippen molar-refractivity contribution in [3.8, 4) is 0 Å². The number of nitrogens with zero attached hydrogens (tertiary/aromatic N) is 1.